The number of carbonyl (C=O) groups is 1. The molecule has 2 heteroatoms. The highest BCUT2D eigenvalue weighted by molar-refractivity contribution is 5.92. The first-order chi connectivity index (χ1) is 12.7. The van der Waals surface area contributed by atoms with Gasteiger partial charge in [-0.1, -0.05) is 69.5 Å². The molecule has 0 aromatic heterocycles. The van der Waals surface area contributed by atoms with Gasteiger partial charge in [0.05, 0.1) is 5.41 Å². The van der Waals surface area contributed by atoms with Crippen LogP contribution in [0.25, 0.3) is 6.08 Å². The van der Waals surface area contributed by atoms with E-state index in [1.165, 1.54) is 0 Å². The molecule has 2 atom stereocenters. The second-order valence-electron chi connectivity index (χ2n) is 8.10. The van der Waals surface area contributed by atoms with E-state index in [0.717, 1.165) is 30.4 Å². The summed E-state index contributed by atoms with van der Waals surface area (Å²) in [5, 5.41) is 0. The standard InChI is InChI=1S/C24H37NO/c1-7-9-13-21-16-15-20-12-10-11-14-22(20)24(21,17-8-2)23(26)25(18(3)4)19(5)6/h10-12,14-16,18-19,21H,7-9,13,17H2,1-6H3/t21-,24+/m1/s1/i21D. The van der Waals surface area contributed by atoms with Crippen molar-refractivity contribution in [2.45, 2.75) is 91.1 Å². The van der Waals surface area contributed by atoms with Gasteiger partial charge in [-0.2, -0.15) is 0 Å². The largest absolute Gasteiger partial charge is 0.337 e. The first kappa shape index (κ1) is 19.2. The van der Waals surface area contributed by atoms with Gasteiger partial charge in [0.1, 0.15) is 0 Å². The number of nitrogens with zero attached hydrogens (tertiary/aromatic N) is 1. The van der Waals surface area contributed by atoms with Crippen molar-refractivity contribution in [1.82, 2.24) is 4.90 Å². The third kappa shape index (κ3) is 3.75. The normalized spacial score (nSPS) is 25.3. The molecule has 0 unspecified atom stereocenters. The summed E-state index contributed by atoms with van der Waals surface area (Å²) in [6.07, 6.45) is 8.36. The van der Waals surface area contributed by atoms with E-state index in [0.29, 0.717) is 12.8 Å². The molecule has 1 amide bonds. The Morgan fingerprint density at radius 3 is 2.38 bits per heavy atom. The molecule has 2 rings (SSSR count). The molecule has 0 saturated carbocycles. The smallest absolute Gasteiger partial charge is 0.234 e. The summed E-state index contributed by atoms with van der Waals surface area (Å²) in [6, 6.07) is 8.43. The monoisotopic (exact) mass is 356 g/mol. The van der Waals surface area contributed by atoms with Crippen LogP contribution in [0.1, 0.15) is 86.1 Å². The van der Waals surface area contributed by atoms with Crippen molar-refractivity contribution in [3.63, 3.8) is 0 Å². The van der Waals surface area contributed by atoms with E-state index in [1.807, 2.05) is 23.1 Å². The van der Waals surface area contributed by atoms with Gasteiger partial charge in [-0.05, 0) is 57.6 Å². The predicted molar refractivity (Wildman–Crippen MR) is 112 cm³/mol. The van der Waals surface area contributed by atoms with Gasteiger partial charge in [0.2, 0.25) is 5.91 Å². The lowest BCUT2D eigenvalue weighted by Gasteiger charge is -2.47. The quantitative estimate of drug-likeness (QED) is 0.543. The van der Waals surface area contributed by atoms with Crippen molar-refractivity contribution in [1.29, 1.82) is 0 Å². The number of allylic oxidation sites excluding steroid dienone is 1. The highest BCUT2D eigenvalue weighted by Crippen LogP contribution is 2.47. The Labute approximate surface area is 162 Å². The zero-order chi connectivity index (χ0) is 20.2. The molecule has 0 N–H and O–H groups in total. The molecule has 0 bridgehead atoms. The van der Waals surface area contributed by atoms with Crippen molar-refractivity contribution in [3.8, 4) is 0 Å². The second-order valence-corrected chi connectivity index (χ2v) is 8.10. The summed E-state index contributed by atoms with van der Waals surface area (Å²) in [4.78, 5) is 16.2. The number of benzene rings is 1. The number of rotatable bonds is 8. The summed E-state index contributed by atoms with van der Waals surface area (Å²) in [5.74, 6) is -0.788. The molecule has 144 valence electrons. The zero-order valence-electron chi connectivity index (χ0n) is 18.5. The van der Waals surface area contributed by atoms with Crippen LogP contribution in [0.5, 0.6) is 0 Å². The van der Waals surface area contributed by atoms with Crippen molar-refractivity contribution < 1.29 is 6.17 Å². The van der Waals surface area contributed by atoms with Crippen LogP contribution in [0.3, 0.4) is 0 Å². The van der Waals surface area contributed by atoms with Gasteiger partial charge in [0.15, 0.2) is 0 Å². The van der Waals surface area contributed by atoms with E-state index >= 15 is 0 Å². The van der Waals surface area contributed by atoms with Gasteiger partial charge in [0, 0.05) is 13.5 Å². The number of unbranched alkanes of at least 4 members (excludes halogenated alkanes) is 1. The van der Waals surface area contributed by atoms with Crippen LogP contribution in [0.15, 0.2) is 30.3 Å². The molecule has 1 aromatic carbocycles. The molecule has 1 aromatic rings. The Hall–Kier alpha value is -1.57. The number of hydrogen-bond donors (Lipinski definition) is 0. The molecule has 1 aliphatic carbocycles. The lowest BCUT2D eigenvalue weighted by atomic mass is 9.61. The summed E-state index contributed by atoms with van der Waals surface area (Å²) in [6.45, 7) is 12.6. The third-order valence-corrected chi connectivity index (χ3v) is 5.57. The van der Waals surface area contributed by atoms with Crippen LogP contribution in [0, 0.1) is 5.89 Å². The lowest BCUT2D eigenvalue weighted by molar-refractivity contribution is -0.143. The summed E-state index contributed by atoms with van der Waals surface area (Å²) in [7, 11) is 0. The van der Waals surface area contributed by atoms with Crippen LogP contribution in [-0.2, 0) is 10.2 Å². The van der Waals surface area contributed by atoms with Gasteiger partial charge in [-0.3, -0.25) is 4.79 Å². The van der Waals surface area contributed by atoms with Gasteiger partial charge >= 0.3 is 0 Å². The van der Waals surface area contributed by atoms with Crippen molar-refractivity contribution in [2.75, 3.05) is 0 Å². The zero-order valence-corrected chi connectivity index (χ0v) is 17.5. The average molecular weight is 357 g/mol. The molecule has 2 nitrogen and oxygen atoms in total. The molecular formula is C24H37NO. The summed E-state index contributed by atoms with van der Waals surface area (Å²) in [5.41, 5.74) is 1.31. The van der Waals surface area contributed by atoms with Crippen molar-refractivity contribution in [3.05, 3.63) is 41.5 Å². The van der Waals surface area contributed by atoms with Crippen LogP contribution in [0.2, 0.25) is 0 Å². The van der Waals surface area contributed by atoms with Crippen molar-refractivity contribution >= 4 is 12.0 Å². The van der Waals surface area contributed by atoms with E-state index < -0.39 is 11.3 Å². The Bertz CT molecular complexity index is 673. The lowest BCUT2D eigenvalue weighted by Crippen LogP contribution is -2.56. The number of fused-ring (bicyclic) bond motifs is 1. The minimum Gasteiger partial charge on any atom is -0.337 e. The van der Waals surface area contributed by atoms with Gasteiger partial charge in [0.25, 0.3) is 0 Å². The predicted octanol–water partition coefficient (Wildman–Crippen LogP) is 6.20. The topological polar surface area (TPSA) is 20.3 Å². The van der Waals surface area contributed by atoms with E-state index in [1.54, 1.807) is 0 Å². The Morgan fingerprint density at radius 2 is 1.81 bits per heavy atom. The van der Waals surface area contributed by atoms with Gasteiger partial charge < -0.3 is 4.90 Å². The molecule has 0 spiro atoms. The van der Waals surface area contributed by atoms with Crippen LogP contribution in [0.4, 0.5) is 0 Å². The molecule has 1 aliphatic rings. The maximum atomic E-state index is 14.2. The fraction of sp³-hybridized carbons (Fsp3) is 0.625. The van der Waals surface area contributed by atoms with E-state index in [9.17, 15) is 6.17 Å². The molecular weight excluding hydrogens is 318 g/mol. The van der Waals surface area contributed by atoms with E-state index in [2.05, 4.69) is 59.8 Å². The third-order valence-electron chi connectivity index (χ3n) is 5.57. The number of amides is 1. The van der Waals surface area contributed by atoms with E-state index in [4.69, 9.17) is 0 Å². The Balaban J connectivity index is 2.75. The first-order valence-electron chi connectivity index (χ1n) is 10.9. The Kier molecular flexibility index (Phi) is 6.56. The maximum absolute atomic E-state index is 14.2. The molecule has 0 radical (unpaired) electrons. The van der Waals surface area contributed by atoms with Crippen molar-refractivity contribution in [2.24, 2.45) is 5.89 Å². The maximum Gasteiger partial charge on any atom is 0.234 e. The molecule has 26 heavy (non-hydrogen) atoms. The average Bonchev–Trinajstić information content (AvgIpc) is 2.62. The van der Waals surface area contributed by atoms with Gasteiger partial charge in [-0.15, -0.1) is 0 Å². The molecule has 0 saturated heterocycles. The fourth-order valence-corrected chi connectivity index (χ4v) is 4.52. The minimum atomic E-state index is -0.910. The first-order valence-corrected chi connectivity index (χ1v) is 10.4. The minimum absolute atomic E-state index is 0.111. The van der Waals surface area contributed by atoms with Crippen LogP contribution >= 0.6 is 0 Å². The summed E-state index contributed by atoms with van der Waals surface area (Å²) < 4.78 is 9.53. The second kappa shape index (κ2) is 8.88. The van der Waals surface area contributed by atoms with E-state index in [-0.39, 0.29) is 18.0 Å². The highest BCUT2D eigenvalue weighted by atomic mass is 16.2. The fourth-order valence-electron chi connectivity index (χ4n) is 4.52. The van der Waals surface area contributed by atoms with Crippen LogP contribution < -0.4 is 0 Å². The summed E-state index contributed by atoms with van der Waals surface area (Å²) >= 11 is 0. The Morgan fingerprint density at radius 1 is 1.15 bits per heavy atom. The van der Waals surface area contributed by atoms with Gasteiger partial charge in [-0.25, -0.2) is 0 Å². The highest BCUT2D eigenvalue weighted by Gasteiger charge is 2.49. The molecule has 0 heterocycles. The molecule has 0 fully saturated rings. The van der Waals surface area contributed by atoms with Crippen LogP contribution in [-0.4, -0.2) is 22.9 Å². The number of hydrogen-bond acceptors (Lipinski definition) is 1. The SMILES string of the molecule is [2H][C@@]1(CCCC)C=Cc2ccccc2[C@@]1(CCC)C(=O)N(C(C)C)C(C)C. The number of carbonyl (C=O) groups excluding carboxylic acids is 1. The molecule has 0 aliphatic heterocycles.